The Balaban J connectivity index is 1.98. The molecule has 7 nitrogen and oxygen atoms in total. The first-order valence-corrected chi connectivity index (χ1v) is 9.63. The zero-order valence-electron chi connectivity index (χ0n) is 15.2. The minimum Gasteiger partial charge on any atom is -0.480 e. The summed E-state index contributed by atoms with van der Waals surface area (Å²) in [4.78, 5) is 26.9. The summed E-state index contributed by atoms with van der Waals surface area (Å²) in [6, 6.07) is 13.6. The second-order valence-corrected chi connectivity index (χ2v) is 6.91. The highest BCUT2D eigenvalue weighted by molar-refractivity contribution is 7.99. The molecular formula is C19H17BN4O3S. The predicted molar refractivity (Wildman–Crippen MR) is 110 cm³/mol. The van der Waals surface area contributed by atoms with Crippen molar-refractivity contribution in [2.45, 2.75) is 12.0 Å². The third-order valence-corrected chi connectivity index (χ3v) is 5.15. The van der Waals surface area contributed by atoms with Gasteiger partial charge in [-0.05, 0) is 12.1 Å². The number of carbonyl (C=O) groups is 2. The molecule has 0 spiro atoms. The Kier molecular flexibility index (Phi) is 6.01. The summed E-state index contributed by atoms with van der Waals surface area (Å²) in [5, 5.41) is 22.8. The average Bonchev–Trinajstić information content (AvgIpc) is 3.12. The molecule has 0 aliphatic heterocycles. The van der Waals surface area contributed by atoms with Crippen molar-refractivity contribution in [3.8, 4) is 11.8 Å². The van der Waals surface area contributed by atoms with Crippen molar-refractivity contribution >= 4 is 47.3 Å². The molecule has 2 aromatic carbocycles. The van der Waals surface area contributed by atoms with Crippen molar-refractivity contribution in [1.29, 1.82) is 5.26 Å². The summed E-state index contributed by atoms with van der Waals surface area (Å²) in [7, 11) is 0.743. The monoisotopic (exact) mass is 392 g/mol. The number of benzene rings is 2. The Morgan fingerprint density at radius 3 is 2.71 bits per heavy atom. The quantitative estimate of drug-likeness (QED) is 0.464. The molecule has 0 bridgehead atoms. The number of thioether (sulfide) groups is 1. The van der Waals surface area contributed by atoms with Gasteiger partial charge in [0.1, 0.15) is 6.54 Å². The number of aromatic nitrogens is 2. The Bertz CT molecular complexity index is 1090. The fraction of sp³-hybridized carbons (Fsp3) is 0.158. The number of fused-ring (bicyclic) bond motifs is 1. The number of amides is 1. The molecule has 0 saturated heterocycles. The largest absolute Gasteiger partial charge is 0.480 e. The molecule has 0 saturated carbocycles. The zero-order valence-corrected chi connectivity index (χ0v) is 16.0. The predicted octanol–water partition coefficient (Wildman–Crippen LogP) is 1.30. The van der Waals surface area contributed by atoms with E-state index in [4.69, 9.17) is 5.11 Å². The number of carboxylic acids is 1. The Morgan fingerprint density at radius 1 is 1.29 bits per heavy atom. The smallest absolute Gasteiger partial charge is 0.322 e. The first-order valence-electron chi connectivity index (χ1n) is 8.65. The van der Waals surface area contributed by atoms with Crippen LogP contribution in [0.4, 0.5) is 0 Å². The molecule has 140 valence electrons. The van der Waals surface area contributed by atoms with Gasteiger partial charge in [0.15, 0.2) is 12.4 Å². The third-order valence-electron chi connectivity index (χ3n) is 4.20. The van der Waals surface area contributed by atoms with Crippen molar-refractivity contribution in [2.75, 3.05) is 12.3 Å². The van der Waals surface area contributed by atoms with Crippen LogP contribution >= 0.6 is 11.8 Å². The van der Waals surface area contributed by atoms with Gasteiger partial charge < -0.3 is 15.0 Å². The van der Waals surface area contributed by atoms with Crippen LogP contribution in [-0.2, 0) is 9.59 Å². The van der Waals surface area contributed by atoms with Gasteiger partial charge in [-0.3, -0.25) is 9.59 Å². The lowest BCUT2D eigenvalue weighted by molar-refractivity contribution is -0.137. The summed E-state index contributed by atoms with van der Waals surface area (Å²) >= 11 is 1.24. The standard InChI is InChI=1S/C19H17BN4O3S/c1-20-16-9-23-19(28-11-17(25)22-10-18(26)27)24(16)15-7-6-12(8-21)13-4-2-3-5-14(13)15/h2-7,9,20H,10-11H2,1H3,(H,22,25)(H,26,27). The van der Waals surface area contributed by atoms with Crippen LogP contribution in [0.2, 0.25) is 6.82 Å². The lowest BCUT2D eigenvalue weighted by Crippen LogP contribution is -2.30. The van der Waals surface area contributed by atoms with E-state index < -0.39 is 12.5 Å². The molecule has 9 heteroatoms. The summed E-state index contributed by atoms with van der Waals surface area (Å²) in [6.07, 6.45) is 1.77. The summed E-state index contributed by atoms with van der Waals surface area (Å²) < 4.78 is 1.98. The van der Waals surface area contributed by atoms with Crippen LogP contribution in [0, 0.1) is 11.3 Å². The van der Waals surface area contributed by atoms with Gasteiger partial charge in [0.2, 0.25) is 5.91 Å². The molecule has 0 atom stereocenters. The number of hydrogen-bond acceptors (Lipinski definition) is 5. The lowest BCUT2D eigenvalue weighted by atomic mass is 9.78. The fourth-order valence-electron chi connectivity index (χ4n) is 2.91. The second kappa shape index (κ2) is 8.63. The van der Waals surface area contributed by atoms with Gasteiger partial charge in [-0.1, -0.05) is 42.9 Å². The van der Waals surface area contributed by atoms with Gasteiger partial charge in [-0.25, -0.2) is 4.98 Å². The molecule has 3 rings (SSSR count). The minimum atomic E-state index is -1.09. The van der Waals surface area contributed by atoms with E-state index in [0.29, 0.717) is 10.7 Å². The van der Waals surface area contributed by atoms with Gasteiger partial charge >= 0.3 is 5.97 Å². The highest BCUT2D eigenvalue weighted by Crippen LogP contribution is 2.28. The Morgan fingerprint density at radius 2 is 2.04 bits per heavy atom. The van der Waals surface area contributed by atoms with E-state index in [1.54, 1.807) is 12.3 Å². The van der Waals surface area contributed by atoms with Crippen molar-refractivity contribution in [2.24, 2.45) is 0 Å². The van der Waals surface area contributed by atoms with E-state index in [1.807, 2.05) is 41.7 Å². The maximum absolute atomic E-state index is 11.9. The van der Waals surface area contributed by atoms with Gasteiger partial charge in [0, 0.05) is 22.6 Å². The van der Waals surface area contributed by atoms with Gasteiger partial charge in [-0.2, -0.15) is 5.26 Å². The minimum absolute atomic E-state index is 0.0572. The first kappa shape index (κ1) is 19.5. The van der Waals surface area contributed by atoms with Gasteiger partial charge in [-0.15, -0.1) is 0 Å². The van der Waals surface area contributed by atoms with E-state index >= 15 is 0 Å². The van der Waals surface area contributed by atoms with Crippen molar-refractivity contribution in [3.05, 3.63) is 48.2 Å². The van der Waals surface area contributed by atoms with E-state index in [0.717, 1.165) is 29.3 Å². The number of aliphatic carboxylic acids is 1. The van der Waals surface area contributed by atoms with Crippen LogP contribution in [0.15, 0.2) is 47.8 Å². The van der Waals surface area contributed by atoms with Gasteiger partial charge in [0.25, 0.3) is 0 Å². The molecule has 0 aliphatic rings. The van der Waals surface area contributed by atoms with Crippen molar-refractivity contribution in [3.63, 3.8) is 0 Å². The number of carbonyl (C=O) groups excluding carboxylic acids is 1. The summed E-state index contributed by atoms with van der Waals surface area (Å²) in [5.41, 5.74) is 2.46. The molecule has 1 aromatic heterocycles. The van der Waals surface area contributed by atoms with E-state index in [2.05, 4.69) is 16.4 Å². The summed E-state index contributed by atoms with van der Waals surface area (Å²) in [5.74, 6) is -1.40. The van der Waals surface area contributed by atoms with Crippen LogP contribution in [0.3, 0.4) is 0 Å². The highest BCUT2D eigenvalue weighted by atomic mass is 32.2. The van der Waals surface area contributed by atoms with Crippen LogP contribution in [-0.4, -0.2) is 46.1 Å². The molecule has 3 aromatic rings. The van der Waals surface area contributed by atoms with Crippen molar-refractivity contribution in [1.82, 2.24) is 14.9 Å². The molecule has 0 aliphatic carbocycles. The van der Waals surface area contributed by atoms with Crippen LogP contribution < -0.4 is 10.9 Å². The Hall–Kier alpha value is -3.25. The number of hydrogen-bond donors (Lipinski definition) is 2. The van der Waals surface area contributed by atoms with Crippen molar-refractivity contribution < 1.29 is 14.7 Å². The zero-order chi connectivity index (χ0) is 20.1. The number of nitriles is 1. The molecule has 28 heavy (non-hydrogen) atoms. The molecule has 0 radical (unpaired) electrons. The van der Waals surface area contributed by atoms with E-state index in [9.17, 15) is 14.9 Å². The average molecular weight is 392 g/mol. The Labute approximate surface area is 166 Å². The SMILES string of the molecule is CBc1cnc(SCC(=O)NCC(=O)O)n1-c1ccc(C#N)c2ccccc12. The third kappa shape index (κ3) is 4.02. The molecular weight excluding hydrogens is 375 g/mol. The van der Waals surface area contributed by atoms with Crippen LogP contribution in [0.25, 0.3) is 16.5 Å². The highest BCUT2D eigenvalue weighted by Gasteiger charge is 2.16. The lowest BCUT2D eigenvalue weighted by Gasteiger charge is -2.14. The van der Waals surface area contributed by atoms with E-state index in [1.165, 1.54) is 11.8 Å². The van der Waals surface area contributed by atoms with Crippen LogP contribution in [0.5, 0.6) is 0 Å². The molecule has 2 N–H and O–H groups in total. The number of nitrogens with one attached hydrogen (secondary N) is 1. The number of rotatable bonds is 7. The normalized spacial score (nSPS) is 10.4. The molecule has 1 amide bonds. The number of nitrogens with zero attached hydrogens (tertiary/aromatic N) is 3. The number of imidazole rings is 1. The van der Waals surface area contributed by atoms with Crippen LogP contribution in [0.1, 0.15) is 5.56 Å². The molecule has 0 unspecified atom stereocenters. The maximum atomic E-state index is 11.9. The molecule has 0 fully saturated rings. The molecule has 1 heterocycles. The van der Waals surface area contributed by atoms with E-state index in [-0.39, 0.29) is 11.7 Å². The fourth-order valence-corrected chi connectivity index (χ4v) is 3.74. The summed E-state index contributed by atoms with van der Waals surface area (Å²) in [6.45, 7) is 1.61. The second-order valence-electron chi connectivity index (χ2n) is 5.97. The van der Waals surface area contributed by atoms with Gasteiger partial charge in [0.05, 0.1) is 23.1 Å². The first-order chi connectivity index (χ1) is 13.5. The maximum Gasteiger partial charge on any atom is 0.322 e. The topological polar surface area (TPSA) is 108 Å². The number of carboxylic acid groups (broad SMARTS) is 1.